The Morgan fingerprint density at radius 2 is 2.07 bits per heavy atom. The van der Waals surface area contributed by atoms with Gasteiger partial charge in [0.25, 0.3) is 0 Å². The van der Waals surface area contributed by atoms with Gasteiger partial charge in [0, 0.05) is 0 Å². The van der Waals surface area contributed by atoms with Gasteiger partial charge < -0.3 is 5.11 Å². The molecule has 14 heavy (non-hydrogen) atoms. The minimum absolute atomic E-state index is 0.133. The fourth-order valence-electron chi connectivity index (χ4n) is 1.22. The van der Waals surface area contributed by atoms with E-state index in [-0.39, 0.29) is 17.8 Å². The van der Waals surface area contributed by atoms with E-state index in [9.17, 15) is 9.50 Å². The summed E-state index contributed by atoms with van der Waals surface area (Å²) < 4.78 is 13.6. The maximum Gasteiger partial charge on any atom is 0.137 e. The minimum Gasteiger partial charge on any atom is -0.393 e. The molecule has 1 aromatic carbocycles. The van der Waals surface area contributed by atoms with Gasteiger partial charge >= 0.3 is 0 Å². The van der Waals surface area contributed by atoms with Gasteiger partial charge in [-0.15, -0.1) is 0 Å². The van der Waals surface area contributed by atoms with Gasteiger partial charge in [0.2, 0.25) is 0 Å². The van der Waals surface area contributed by atoms with Crippen LogP contribution < -0.4 is 0 Å². The number of hydrogen-bond acceptors (Lipinski definition) is 1. The fourth-order valence-corrected chi connectivity index (χ4v) is 1.65. The van der Waals surface area contributed by atoms with E-state index in [0.717, 1.165) is 5.56 Å². The second-order valence-corrected chi connectivity index (χ2v) is 4.43. The Labute approximate surface area is 92.1 Å². The van der Waals surface area contributed by atoms with Crippen molar-refractivity contribution in [3.05, 3.63) is 34.1 Å². The van der Waals surface area contributed by atoms with Crippen LogP contribution >= 0.6 is 15.9 Å². The number of hydrogen-bond donors (Lipinski definition) is 1. The molecular weight excluding hydrogens is 247 g/mol. The van der Waals surface area contributed by atoms with Crippen molar-refractivity contribution >= 4 is 15.9 Å². The highest BCUT2D eigenvalue weighted by Crippen LogP contribution is 2.23. The van der Waals surface area contributed by atoms with Gasteiger partial charge in [-0.25, -0.2) is 4.39 Å². The van der Waals surface area contributed by atoms with Crippen molar-refractivity contribution < 1.29 is 9.50 Å². The average molecular weight is 261 g/mol. The van der Waals surface area contributed by atoms with Crippen LogP contribution in [0.3, 0.4) is 0 Å². The first-order valence-corrected chi connectivity index (χ1v) is 5.42. The first-order valence-electron chi connectivity index (χ1n) is 4.63. The molecule has 78 valence electrons. The highest BCUT2D eigenvalue weighted by molar-refractivity contribution is 9.10. The molecule has 0 saturated carbocycles. The third-order valence-corrected chi connectivity index (χ3v) is 3.29. The van der Waals surface area contributed by atoms with Gasteiger partial charge in [-0.1, -0.05) is 19.1 Å². The molecule has 0 heterocycles. The zero-order chi connectivity index (χ0) is 10.7. The molecule has 3 heteroatoms. The summed E-state index contributed by atoms with van der Waals surface area (Å²) in [4.78, 5) is 0. The van der Waals surface area contributed by atoms with E-state index in [4.69, 9.17) is 0 Å². The van der Waals surface area contributed by atoms with Gasteiger partial charge in [0.05, 0.1) is 10.6 Å². The van der Waals surface area contributed by atoms with Crippen molar-refractivity contribution in [1.82, 2.24) is 0 Å². The highest BCUT2D eigenvalue weighted by Gasteiger charge is 2.12. The van der Waals surface area contributed by atoms with Gasteiger partial charge in [0.15, 0.2) is 0 Å². The topological polar surface area (TPSA) is 20.2 Å². The molecule has 0 aromatic heterocycles. The number of benzene rings is 1. The Kier molecular flexibility index (Phi) is 4.08. The van der Waals surface area contributed by atoms with Crippen LogP contribution in [0.2, 0.25) is 0 Å². The molecule has 0 aliphatic heterocycles. The second kappa shape index (κ2) is 4.89. The number of aliphatic hydroxyl groups is 1. The summed E-state index contributed by atoms with van der Waals surface area (Å²) in [6.07, 6.45) is 0.306. The molecule has 0 aliphatic rings. The van der Waals surface area contributed by atoms with E-state index >= 15 is 0 Å². The Morgan fingerprint density at radius 3 is 2.64 bits per heavy atom. The predicted octanol–water partition coefficient (Wildman–Crippen LogP) is 3.15. The molecule has 1 rings (SSSR count). The number of halogens is 2. The SMILES string of the molecule is CC(O)C(C)Cc1cccc(F)c1Br. The smallest absolute Gasteiger partial charge is 0.137 e. The van der Waals surface area contributed by atoms with Gasteiger partial charge in [-0.3, -0.25) is 0 Å². The molecule has 0 saturated heterocycles. The van der Waals surface area contributed by atoms with Gasteiger partial charge in [-0.05, 0) is 46.8 Å². The van der Waals surface area contributed by atoms with Crippen LogP contribution in [-0.2, 0) is 6.42 Å². The molecular formula is C11H14BrFO. The molecule has 0 radical (unpaired) electrons. The second-order valence-electron chi connectivity index (χ2n) is 3.63. The largest absolute Gasteiger partial charge is 0.393 e. The third kappa shape index (κ3) is 2.79. The summed E-state index contributed by atoms with van der Waals surface area (Å²) in [5.41, 5.74) is 0.901. The highest BCUT2D eigenvalue weighted by atomic mass is 79.9. The molecule has 0 amide bonds. The molecule has 0 spiro atoms. The zero-order valence-electron chi connectivity index (χ0n) is 8.30. The molecule has 1 aromatic rings. The zero-order valence-corrected chi connectivity index (χ0v) is 9.88. The first-order chi connectivity index (χ1) is 6.52. The first kappa shape index (κ1) is 11.7. The van der Waals surface area contributed by atoms with Crippen LogP contribution in [0.1, 0.15) is 19.4 Å². The third-order valence-electron chi connectivity index (χ3n) is 2.40. The normalized spacial score (nSPS) is 15.2. The van der Waals surface area contributed by atoms with Crippen molar-refractivity contribution in [3.63, 3.8) is 0 Å². The maximum absolute atomic E-state index is 13.1. The lowest BCUT2D eigenvalue weighted by Gasteiger charge is -2.15. The predicted molar refractivity (Wildman–Crippen MR) is 58.6 cm³/mol. The number of aliphatic hydroxyl groups excluding tert-OH is 1. The molecule has 2 unspecified atom stereocenters. The van der Waals surface area contributed by atoms with Crippen LogP contribution in [0.25, 0.3) is 0 Å². The standard InChI is InChI=1S/C11H14BrFO/c1-7(8(2)14)6-9-4-3-5-10(13)11(9)12/h3-5,7-8,14H,6H2,1-2H3. The van der Waals surface area contributed by atoms with Crippen molar-refractivity contribution in [2.24, 2.45) is 5.92 Å². The molecule has 2 atom stereocenters. The van der Waals surface area contributed by atoms with Crippen molar-refractivity contribution in [3.8, 4) is 0 Å². The fraction of sp³-hybridized carbons (Fsp3) is 0.455. The van der Waals surface area contributed by atoms with E-state index in [1.807, 2.05) is 13.0 Å². The van der Waals surface area contributed by atoms with Crippen LogP contribution in [0, 0.1) is 11.7 Å². The number of rotatable bonds is 3. The summed E-state index contributed by atoms with van der Waals surface area (Å²) in [6, 6.07) is 4.97. The molecule has 1 N–H and O–H groups in total. The maximum atomic E-state index is 13.1. The van der Waals surface area contributed by atoms with E-state index in [2.05, 4.69) is 15.9 Å². The summed E-state index contributed by atoms with van der Waals surface area (Å²) in [5.74, 6) is -0.117. The quantitative estimate of drug-likeness (QED) is 0.886. The van der Waals surface area contributed by atoms with Gasteiger partial charge in [-0.2, -0.15) is 0 Å². The van der Waals surface area contributed by atoms with Crippen LogP contribution in [0.5, 0.6) is 0 Å². The monoisotopic (exact) mass is 260 g/mol. The summed E-state index contributed by atoms with van der Waals surface area (Å²) in [7, 11) is 0. The molecule has 0 bridgehead atoms. The Morgan fingerprint density at radius 1 is 1.43 bits per heavy atom. The lowest BCUT2D eigenvalue weighted by atomic mass is 9.97. The van der Waals surface area contributed by atoms with Gasteiger partial charge in [0.1, 0.15) is 5.82 Å². The van der Waals surface area contributed by atoms with Crippen LogP contribution in [0.4, 0.5) is 4.39 Å². The van der Waals surface area contributed by atoms with E-state index < -0.39 is 0 Å². The van der Waals surface area contributed by atoms with E-state index in [1.54, 1.807) is 13.0 Å². The minimum atomic E-state index is -0.370. The van der Waals surface area contributed by atoms with Crippen molar-refractivity contribution in [2.75, 3.05) is 0 Å². The Balaban J connectivity index is 2.82. The summed E-state index contributed by atoms with van der Waals surface area (Å²) in [5, 5.41) is 9.33. The van der Waals surface area contributed by atoms with Crippen LogP contribution in [0.15, 0.2) is 22.7 Å². The Bertz CT molecular complexity index is 312. The lowest BCUT2D eigenvalue weighted by molar-refractivity contribution is 0.135. The van der Waals surface area contributed by atoms with E-state index in [1.165, 1.54) is 6.07 Å². The van der Waals surface area contributed by atoms with Crippen molar-refractivity contribution in [1.29, 1.82) is 0 Å². The molecule has 0 fully saturated rings. The Hall–Kier alpha value is -0.410. The van der Waals surface area contributed by atoms with E-state index in [0.29, 0.717) is 10.9 Å². The lowest BCUT2D eigenvalue weighted by Crippen LogP contribution is -2.15. The van der Waals surface area contributed by atoms with Crippen LogP contribution in [-0.4, -0.2) is 11.2 Å². The average Bonchev–Trinajstić information content (AvgIpc) is 2.12. The summed E-state index contributed by atoms with van der Waals surface area (Å²) in [6.45, 7) is 3.69. The van der Waals surface area contributed by atoms with Crippen molar-refractivity contribution in [2.45, 2.75) is 26.4 Å². The molecule has 1 nitrogen and oxygen atoms in total. The summed E-state index contributed by atoms with van der Waals surface area (Å²) >= 11 is 3.20. The molecule has 0 aliphatic carbocycles.